The van der Waals surface area contributed by atoms with Crippen molar-refractivity contribution in [1.82, 2.24) is 0 Å². The maximum Gasteiger partial charge on any atom is -0.0184 e. The molecule has 0 amide bonds. The zero-order valence-corrected chi connectivity index (χ0v) is 9.04. The van der Waals surface area contributed by atoms with Gasteiger partial charge in [0.25, 0.3) is 0 Å². The number of rotatable bonds is 0. The van der Waals surface area contributed by atoms with Crippen LogP contribution in [0.1, 0.15) is 59.8 Å². The summed E-state index contributed by atoms with van der Waals surface area (Å²) in [7, 11) is 0. The van der Waals surface area contributed by atoms with Gasteiger partial charge in [-0.05, 0) is 29.1 Å². The Hall–Kier alpha value is 0. The summed E-state index contributed by atoms with van der Waals surface area (Å²) in [5, 5.41) is 0. The van der Waals surface area contributed by atoms with E-state index in [0.717, 1.165) is 5.41 Å². The van der Waals surface area contributed by atoms with Gasteiger partial charge in [-0.3, -0.25) is 0 Å². The Labute approximate surface area is 76.7 Å². The Morgan fingerprint density at radius 2 is 1.08 bits per heavy atom. The minimum atomic E-state index is 0.612. The van der Waals surface area contributed by atoms with Gasteiger partial charge in [-0.25, -0.2) is 0 Å². The van der Waals surface area contributed by atoms with Crippen LogP contribution in [0, 0.1) is 16.2 Å². The fourth-order valence-electron chi connectivity index (χ4n) is 3.95. The molecule has 2 aliphatic rings. The quantitative estimate of drug-likeness (QED) is 0.510. The molecule has 2 rings (SSSR count). The SMILES string of the molecule is CC1(C)C(C)(C)C12CCCCC2. The van der Waals surface area contributed by atoms with Crippen molar-refractivity contribution in [3.05, 3.63) is 0 Å². The maximum absolute atomic E-state index is 2.47. The van der Waals surface area contributed by atoms with Crippen LogP contribution in [0.15, 0.2) is 0 Å². The van der Waals surface area contributed by atoms with Gasteiger partial charge >= 0.3 is 0 Å². The van der Waals surface area contributed by atoms with Crippen LogP contribution >= 0.6 is 0 Å². The molecule has 0 aliphatic heterocycles. The predicted octanol–water partition coefficient (Wildman–Crippen LogP) is 4.00. The first-order valence-electron chi connectivity index (χ1n) is 5.46. The second-order valence-corrected chi connectivity index (χ2v) is 5.89. The first kappa shape index (κ1) is 8.59. The Morgan fingerprint density at radius 3 is 1.33 bits per heavy atom. The Balaban J connectivity index is 2.24. The highest BCUT2D eigenvalue weighted by atomic mass is 14.8. The van der Waals surface area contributed by atoms with Crippen LogP contribution in [0.3, 0.4) is 0 Å². The van der Waals surface area contributed by atoms with Crippen LogP contribution in [0.5, 0.6) is 0 Å². The van der Waals surface area contributed by atoms with Crippen molar-refractivity contribution in [3.63, 3.8) is 0 Å². The molecule has 0 bridgehead atoms. The van der Waals surface area contributed by atoms with Gasteiger partial charge in [0.2, 0.25) is 0 Å². The molecular formula is C12H22. The van der Waals surface area contributed by atoms with Crippen molar-refractivity contribution >= 4 is 0 Å². The number of hydrogen-bond donors (Lipinski definition) is 0. The molecule has 2 fully saturated rings. The lowest BCUT2D eigenvalue weighted by atomic mass is 9.79. The summed E-state index contributed by atoms with van der Waals surface area (Å²) >= 11 is 0. The first-order chi connectivity index (χ1) is 5.46. The lowest BCUT2D eigenvalue weighted by Gasteiger charge is -2.26. The standard InChI is InChI=1S/C12H22/c1-10(2)11(3,4)12(10)8-6-5-7-9-12/h5-9H2,1-4H3. The molecule has 12 heavy (non-hydrogen) atoms. The third-order valence-electron chi connectivity index (χ3n) is 5.60. The van der Waals surface area contributed by atoms with Crippen molar-refractivity contribution in [2.45, 2.75) is 59.8 Å². The Bertz CT molecular complexity index is 176. The predicted molar refractivity (Wildman–Crippen MR) is 53.1 cm³/mol. The molecule has 0 aromatic heterocycles. The van der Waals surface area contributed by atoms with Crippen molar-refractivity contribution in [2.75, 3.05) is 0 Å². The molecule has 2 aliphatic carbocycles. The minimum absolute atomic E-state index is 0.612. The van der Waals surface area contributed by atoms with Crippen LogP contribution in [-0.4, -0.2) is 0 Å². The topological polar surface area (TPSA) is 0 Å². The molecule has 2 saturated carbocycles. The normalized spacial score (nSPS) is 35.0. The highest BCUT2D eigenvalue weighted by molar-refractivity contribution is 5.23. The van der Waals surface area contributed by atoms with E-state index in [4.69, 9.17) is 0 Å². The average Bonchev–Trinajstić information content (AvgIpc) is 2.33. The maximum atomic E-state index is 2.47. The van der Waals surface area contributed by atoms with Crippen LogP contribution in [-0.2, 0) is 0 Å². The zero-order chi connectivity index (χ0) is 9.04. The smallest absolute Gasteiger partial charge is 0.0184 e. The van der Waals surface area contributed by atoms with E-state index in [0.29, 0.717) is 10.8 Å². The summed E-state index contributed by atoms with van der Waals surface area (Å²) in [6, 6.07) is 0. The van der Waals surface area contributed by atoms with Crippen molar-refractivity contribution < 1.29 is 0 Å². The molecule has 0 N–H and O–H groups in total. The fraction of sp³-hybridized carbons (Fsp3) is 1.00. The molecule has 70 valence electrons. The van der Waals surface area contributed by atoms with Gasteiger partial charge in [0.05, 0.1) is 0 Å². The van der Waals surface area contributed by atoms with E-state index in [1.54, 1.807) is 0 Å². The first-order valence-corrected chi connectivity index (χ1v) is 5.46. The van der Waals surface area contributed by atoms with Gasteiger partial charge in [-0.1, -0.05) is 47.0 Å². The van der Waals surface area contributed by atoms with E-state index in [1.165, 1.54) is 32.1 Å². The van der Waals surface area contributed by atoms with Crippen LogP contribution < -0.4 is 0 Å². The molecular weight excluding hydrogens is 144 g/mol. The third kappa shape index (κ3) is 0.661. The van der Waals surface area contributed by atoms with Gasteiger partial charge < -0.3 is 0 Å². The van der Waals surface area contributed by atoms with Gasteiger partial charge in [0.15, 0.2) is 0 Å². The van der Waals surface area contributed by atoms with Gasteiger partial charge in [-0.15, -0.1) is 0 Å². The van der Waals surface area contributed by atoms with E-state index in [2.05, 4.69) is 27.7 Å². The van der Waals surface area contributed by atoms with E-state index in [1.807, 2.05) is 0 Å². The molecule has 1 spiro atoms. The summed E-state index contributed by atoms with van der Waals surface area (Å²) in [4.78, 5) is 0. The zero-order valence-electron chi connectivity index (χ0n) is 9.04. The second-order valence-electron chi connectivity index (χ2n) is 5.89. The van der Waals surface area contributed by atoms with E-state index < -0.39 is 0 Å². The molecule has 0 radical (unpaired) electrons. The van der Waals surface area contributed by atoms with Gasteiger partial charge in [0, 0.05) is 0 Å². The molecule has 0 saturated heterocycles. The minimum Gasteiger partial charge on any atom is -0.0588 e. The molecule has 0 atom stereocenters. The van der Waals surface area contributed by atoms with Crippen molar-refractivity contribution in [1.29, 1.82) is 0 Å². The molecule has 0 unspecified atom stereocenters. The lowest BCUT2D eigenvalue weighted by molar-refractivity contribution is 0.250. The Kier molecular flexibility index (Phi) is 1.49. The summed E-state index contributed by atoms with van der Waals surface area (Å²) in [5.74, 6) is 0. The summed E-state index contributed by atoms with van der Waals surface area (Å²) in [6.45, 7) is 9.88. The number of hydrogen-bond acceptors (Lipinski definition) is 0. The monoisotopic (exact) mass is 166 g/mol. The van der Waals surface area contributed by atoms with Crippen LogP contribution in [0.25, 0.3) is 0 Å². The van der Waals surface area contributed by atoms with Crippen LogP contribution in [0.2, 0.25) is 0 Å². The third-order valence-corrected chi connectivity index (χ3v) is 5.60. The van der Waals surface area contributed by atoms with Crippen molar-refractivity contribution in [2.24, 2.45) is 16.2 Å². The van der Waals surface area contributed by atoms with Gasteiger partial charge in [0.1, 0.15) is 0 Å². The largest absolute Gasteiger partial charge is 0.0588 e. The summed E-state index contributed by atoms with van der Waals surface area (Å²) in [5.41, 5.74) is 1.94. The van der Waals surface area contributed by atoms with E-state index in [-0.39, 0.29) is 0 Å². The summed E-state index contributed by atoms with van der Waals surface area (Å²) < 4.78 is 0. The lowest BCUT2D eigenvalue weighted by Crippen LogP contribution is -2.14. The van der Waals surface area contributed by atoms with E-state index in [9.17, 15) is 0 Å². The van der Waals surface area contributed by atoms with Crippen molar-refractivity contribution in [3.8, 4) is 0 Å². The average molecular weight is 166 g/mol. The van der Waals surface area contributed by atoms with E-state index >= 15 is 0 Å². The highest BCUT2D eigenvalue weighted by Gasteiger charge is 2.75. The second kappa shape index (κ2) is 2.08. The molecule has 0 nitrogen and oxygen atoms in total. The molecule has 0 heterocycles. The highest BCUT2D eigenvalue weighted by Crippen LogP contribution is 2.82. The summed E-state index contributed by atoms with van der Waals surface area (Å²) in [6.07, 6.45) is 7.42. The molecule has 0 aromatic rings. The van der Waals surface area contributed by atoms with Gasteiger partial charge in [-0.2, -0.15) is 0 Å². The van der Waals surface area contributed by atoms with Crippen LogP contribution in [0.4, 0.5) is 0 Å². The Morgan fingerprint density at radius 1 is 0.667 bits per heavy atom. The fourth-order valence-corrected chi connectivity index (χ4v) is 3.95. The molecule has 0 aromatic carbocycles. The molecule has 0 heteroatoms.